The molecule has 0 atom stereocenters. The number of benzene rings is 2. The summed E-state index contributed by atoms with van der Waals surface area (Å²) in [5.74, 6) is 0.384. The number of carbonyl (C=O) groups is 1. The highest BCUT2D eigenvalue weighted by Gasteiger charge is 2.15. The van der Waals surface area contributed by atoms with Crippen LogP contribution in [0.3, 0.4) is 0 Å². The van der Waals surface area contributed by atoms with Gasteiger partial charge in [0.25, 0.3) is 0 Å². The fourth-order valence-electron chi connectivity index (χ4n) is 3.67. The van der Waals surface area contributed by atoms with Crippen molar-refractivity contribution in [2.45, 2.75) is 32.7 Å². The number of aromatic nitrogens is 4. The van der Waals surface area contributed by atoms with E-state index in [0.29, 0.717) is 35.2 Å². The van der Waals surface area contributed by atoms with Gasteiger partial charge in [-0.05, 0) is 55.4 Å². The molecule has 0 spiro atoms. The Morgan fingerprint density at radius 3 is 2.53 bits per heavy atom. The average Bonchev–Trinajstić information content (AvgIpc) is 3.33. The van der Waals surface area contributed by atoms with Gasteiger partial charge in [-0.3, -0.25) is 4.98 Å². The molecule has 2 amide bonds. The lowest BCUT2D eigenvalue weighted by atomic mass is 9.87. The summed E-state index contributed by atoms with van der Waals surface area (Å²) in [4.78, 5) is 18.9. The number of pyridine rings is 1. The molecule has 2 aromatic heterocycles. The first-order valence-corrected chi connectivity index (χ1v) is 12.2. The number of anilines is 2. The van der Waals surface area contributed by atoms with Gasteiger partial charge < -0.3 is 24.8 Å². The Morgan fingerprint density at radius 2 is 1.82 bits per heavy atom. The van der Waals surface area contributed by atoms with Crippen molar-refractivity contribution in [3.8, 4) is 23.0 Å². The minimum atomic E-state index is -0.620. The lowest BCUT2D eigenvalue weighted by Crippen LogP contribution is -2.20. The summed E-state index contributed by atoms with van der Waals surface area (Å²) in [5, 5.41) is 13.6. The number of amides is 2. The monoisotopic (exact) mass is 517 g/mol. The minimum absolute atomic E-state index is 0.0139. The maximum atomic E-state index is 14.9. The number of halogens is 1. The van der Waals surface area contributed by atoms with E-state index >= 15 is 0 Å². The molecule has 0 saturated carbocycles. The second kappa shape index (κ2) is 11.4. The third-order valence-corrected chi connectivity index (χ3v) is 5.77. The molecule has 2 heterocycles. The molecule has 2 aromatic carbocycles. The van der Waals surface area contributed by atoms with Crippen LogP contribution in [-0.4, -0.2) is 51.3 Å². The molecule has 0 radical (unpaired) electrons. The fourth-order valence-corrected chi connectivity index (χ4v) is 3.67. The number of hydrogen-bond acceptors (Lipinski definition) is 6. The van der Waals surface area contributed by atoms with Crippen molar-refractivity contribution in [2.75, 3.05) is 31.3 Å². The smallest absolute Gasteiger partial charge is 0.323 e. The summed E-state index contributed by atoms with van der Waals surface area (Å²) in [5.41, 5.74) is 2.55. The molecule has 0 fully saturated rings. The van der Waals surface area contributed by atoms with Crippen LogP contribution in [0.1, 0.15) is 26.3 Å². The van der Waals surface area contributed by atoms with Crippen molar-refractivity contribution < 1.29 is 13.9 Å². The molecule has 4 rings (SSSR count). The van der Waals surface area contributed by atoms with Crippen molar-refractivity contribution in [2.24, 2.45) is 0 Å². The predicted octanol–water partition coefficient (Wildman–Crippen LogP) is 5.77. The van der Waals surface area contributed by atoms with Gasteiger partial charge in [0.15, 0.2) is 17.4 Å². The number of nitrogens with zero attached hydrogens (tertiary/aromatic N) is 5. The summed E-state index contributed by atoms with van der Waals surface area (Å²) in [7, 11) is 3.98. The van der Waals surface area contributed by atoms with Crippen molar-refractivity contribution in [3.05, 3.63) is 78.5 Å². The van der Waals surface area contributed by atoms with Gasteiger partial charge in [-0.15, -0.1) is 10.2 Å². The molecular formula is C28H32FN7O2. The lowest BCUT2D eigenvalue weighted by Gasteiger charge is -2.20. The van der Waals surface area contributed by atoms with E-state index in [4.69, 9.17) is 4.74 Å². The van der Waals surface area contributed by atoms with E-state index in [-0.39, 0.29) is 11.2 Å². The van der Waals surface area contributed by atoms with Crippen LogP contribution in [0.25, 0.3) is 11.5 Å². The molecule has 0 aliphatic carbocycles. The molecule has 0 unspecified atom stereocenters. The Bertz CT molecular complexity index is 1410. The van der Waals surface area contributed by atoms with E-state index in [1.54, 1.807) is 36.8 Å². The molecule has 9 nitrogen and oxygen atoms in total. The molecule has 38 heavy (non-hydrogen) atoms. The number of carbonyl (C=O) groups excluding carboxylic acids is 1. The number of urea groups is 1. The summed E-state index contributed by atoms with van der Waals surface area (Å²) < 4.78 is 22.5. The number of ether oxygens (including phenoxy) is 1. The van der Waals surface area contributed by atoms with Crippen LogP contribution < -0.4 is 15.4 Å². The Kier molecular flexibility index (Phi) is 8.02. The summed E-state index contributed by atoms with van der Waals surface area (Å²) in [6.07, 6.45) is 3.22. The Morgan fingerprint density at radius 1 is 1.05 bits per heavy atom. The molecule has 0 aliphatic heterocycles. The second-order valence-corrected chi connectivity index (χ2v) is 10.2. The predicted molar refractivity (Wildman–Crippen MR) is 146 cm³/mol. The maximum Gasteiger partial charge on any atom is 0.323 e. The highest BCUT2D eigenvalue weighted by Crippen LogP contribution is 2.29. The third-order valence-electron chi connectivity index (χ3n) is 5.77. The summed E-state index contributed by atoms with van der Waals surface area (Å²) in [6.45, 7) is 7.81. The van der Waals surface area contributed by atoms with E-state index in [0.717, 1.165) is 12.1 Å². The average molecular weight is 518 g/mol. The van der Waals surface area contributed by atoms with Crippen LogP contribution in [-0.2, 0) is 12.0 Å². The molecule has 0 saturated heterocycles. The number of likely N-dealkylation sites (N-methyl/N-ethyl adjacent to an activating group) is 1. The highest BCUT2D eigenvalue weighted by molar-refractivity contribution is 5.99. The molecule has 10 heteroatoms. The van der Waals surface area contributed by atoms with Gasteiger partial charge in [0, 0.05) is 42.8 Å². The van der Waals surface area contributed by atoms with E-state index in [9.17, 15) is 9.18 Å². The Balaban J connectivity index is 1.42. The minimum Gasteiger partial charge on any atom is -0.454 e. The molecule has 2 N–H and O–H groups in total. The molecule has 0 aliphatic rings. The first kappa shape index (κ1) is 26.7. The van der Waals surface area contributed by atoms with Gasteiger partial charge in [0.05, 0.1) is 0 Å². The Hall–Kier alpha value is -4.31. The highest BCUT2D eigenvalue weighted by atomic mass is 19.1. The van der Waals surface area contributed by atoms with Crippen LogP contribution in [0, 0.1) is 5.82 Å². The van der Waals surface area contributed by atoms with Gasteiger partial charge in [0.2, 0.25) is 0 Å². The van der Waals surface area contributed by atoms with Crippen molar-refractivity contribution in [1.29, 1.82) is 0 Å². The van der Waals surface area contributed by atoms with Crippen LogP contribution in [0.2, 0.25) is 0 Å². The normalized spacial score (nSPS) is 11.4. The van der Waals surface area contributed by atoms with Crippen molar-refractivity contribution in [1.82, 2.24) is 24.6 Å². The summed E-state index contributed by atoms with van der Waals surface area (Å²) >= 11 is 0. The fraction of sp³-hybridized carbons (Fsp3) is 0.286. The largest absolute Gasteiger partial charge is 0.454 e. The standard InChI is InChI=1S/C28H32FN7O2/c1-28(2,3)19-7-6-8-20(15-19)32-27(37)33-21-9-10-25(23(29)16-21)38-22-11-12-30-24(17-22)26-34-31-18-36(26)14-13-35(4)5/h6-12,15-18H,13-14H2,1-5H3,(H2,32,33,37). The van der Waals surface area contributed by atoms with Crippen molar-refractivity contribution in [3.63, 3.8) is 0 Å². The van der Waals surface area contributed by atoms with E-state index in [1.165, 1.54) is 12.1 Å². The van der Waals surface area contributed by atoms with Gasteiger partial charge in [-0.1, -0.05) is 32.9 Å². The number of nitrogens with one attached hydrogen (secondary N) is 2. The van der Waals surface area contributed by atoms with Crippen molar-refractivity contribution >= 4 is 17.4 Å². The molecule has 0 bridgehead atoms. The van der Waals surface area contributed by atoms with Gasteiger partial charge in [0.1, 0.15) is 17.8 Å². The van der Waals surface area contributed by atoms with E-state index in [2.05, 4.69) is 51.5 Å². The van der Waals surface area contributed by atoms with E-state index < -0.39 is 11.8 Å². The molecular weight excluding hydrogens is 485 g/mol. The zero-order valence-corrected chi connectivity index (χ0v) is 22.2. The molecule has 198 valence electrons. The number of hydrogen-bond donors (Lipinski definition) is 2. The van der Waals surface area contributed by atoms with Gasteiger partial charge in [-0.25, -0.2) is 9.18 Å². The topological polar surface area (TPSA) is 97.2 Å². The quantitative estimate of drug-likeness (QED) is 0.308. The third kappa shape index (κ3) is 6.92. The number of rotatable bonds is 8. The summed E-state index contributed by atoms with van der Waals surface area (Å²) in [6, 6.07) is 14.7. The zero-order valence-electron chi connectivity index (χ0n) is 22.2. The van der Waals surface area contributed by atoms with Gasteiger partial charge >= 0.3 is 6.03 Å². The first-order valence-electron chi connectivity index (χ1n) is 12.2. The maximum absolute atomic E-state index is 14.9. The lowest BCUT2D eigenvalue weighted by molar-refractivity contribution is 0.262. The van der Waals surface area contributed by atoms with Crippen LogP contribution >= 0.6 is 0 Å². The van der Waals surface area contributed by atoms with Crippen LogP contribution in [0.15, 0.2) is 67.1 Å². The van der Waals surface area contributed by atoms with Gasteiger partial charge in [-0.2, -0.15) is 0 Å². The first-order chi connectivity index (χ1) is 18.1. The Labute approximate surface area is 221 Å². The molecule has 4 aromatic rings. The SMILES string of the molecule is CN(C)CCn1cnnc1-c1cc(Oc2ccc(NC(=O)Nc3cccc(C(C)(C)C)c3)cc2F)ccn1. The zero-order chi connectivity index (χ0) is 27.3. The van der Waals surface area contributed by atoms with E-state index in [1.807, 2.05) is 36.9 Å². The van der Waals surface area contributed by atoms with Crippen LogP contribution in [0.4, 0.5) is 20.6 Å². The van der Waals surface area contributed by atoms with Crippen LogP contribution in [0.5, 0.6) is 11.5 Å². The second-order valence-electron chi connectivity index (χ2n) is 10.2.